The summed E-state index contributed by atoms with van der Waals surface area (Å²) >= 11 is 0. The summed E-state index contributed by atoms with van der Waals surface area (Å²) < 4.78 is 36.0. The van der Waals surface area contributed by atoms with Crippen molar-refractivity contribution in [3.05, 3.63) is 23.5 Å². The predicted octanol–water partition coefficient (Wildman–Crippen LogP) is 0.855. The first kappa shape index (κ1) is 10.4. The molecule has 0 fully saturated rings. The number of alkyl halides is 3. The fourth-order valence-electron chi connectivity index (χ4n) is 0.733. The molecule has 0 radical (unpaired) electrons. The van der Waals surface area contributed by atoms with Gasteiger partial charge < -0.3 is 5.32 Å². The van der Waals surface area contributed by atoms with E-state index in [1.807, 2.05) is 0 Å². The van der Waals surface area contributed by atoms with Gasteiger partial charge in [-0.05, 0) is 12.1 Å². The molecule has 0 saturated carbocycles. The molecule has 0 aliphatic heterocycles. The van der Waals surface area contributed by atoms with Crippen LogP contribution in [0.2, 0.25) is 0 Å². The van der Waals surface area contributed by atoms with Crippen LogP contribution in [-0.4, -0.2) is 23.2 Å². The monoisotopic (exact) mass is 205 g/mol. The summed E-state index contributed by atoms with van der Waals surface area (Å²) in [5, 5.41) is 8.23. The lowest BCUT2D eigenvalue weighted by molar-refractivity contribution is -0.141. The molecule has 1 N–H and O–H groups in total. The SMILES string of the molecule is CNC(=O)c1ccc(C(F)(F)F)nn1. The van der Waals surface area contributed by atoms with Crippen molar-refractivity contribution in [2.75, 3.05) is 7.05 Å². The minimum absolute atomic E-state index is 0.152. The van der Waals surface area contributed by atoms with Gasteiger partial charge in [-0.25, -0.2) is 0 Å². The normalized spacial score (nSPS) is 11.1. The first-order chi connectivity index (χ1) is 6.45. The Hall–Kier alpha value is -1.66. The van der Waals surface area contributed by atoms with Gasteiger partial charge in [0.15, 0.2) is 11.4 Å². The Balaban J connectivity index is 2.95. The largest absolute Gasteiger partial charge is 0.435 e. The van der Waals surface area contributed by atoms with Crippen molar-refractivity contribution in [2.24, 2.45) is 0 Å². The lowest BCUT2D eigenvalue weighted by atomic mass is 10.3. The smallest absolute Gasteiger partial charge is 0.354 e. The Kier molecular flexibility index (Phi) is 2.68. The minimum atomic E-state index is -4.53. The Bertz CT molecular complexity index is 333. The van der Waals surface area contributed by atoms with Crippen LogP contribution in [0.5, 0.6) is 0 Å². The number of carbonyl (C=O) groups excluding carboxylic acids is 1. The summed E-state index contributed by atoms with van der Waals surface area (Å²) in [5.74, 6) is -0.578. The zero-order valence-corrected chi connectivity index (χ0v) is 7.09. The van der Waals surface area contributed by atoms with Gasteiger partial charge in [0.2, 0.25) is 0 Å². The number of rotatable bonds is 1. The molecule has 4 nitrogen and oxygen atoms in total. The molecule has 1 amide bonds. The van der Waals surface area contributed by atoms with Crippen LogP contribution in [-0.2, 0) is 6.18 Å². The van der Waals surface area contributed by atoms with Gasteiger partial charge >= 0.3 is 6.18 Å². The molecular weight excluding hydrogens is 199 g/mol. The highest BCUT2D eigenvalue weighted by molar-refractivity contribution is 5.91. The van der Waals surface area contributed by atoms with Crippen LogP contribution < -0.4 is 5.32 Å². The Morgan fingerprint density at radius 1 is 1.36 bits per heavy atom. The summed E-state index contributed by atoms with van der Waals surface area (Å²) in [6.07, 6.45) is -4.53. The number of hydrogen-bond acceptors (Lipinski definition) is 3. The van der Waals surface area contributed by atoms with Gasteiger partial charge in [-0.3, -0.25) is 4.79 Å². The highest BCUT2D eigenvalue weighted by Gasteiger charge is 2.33. The average molecular weight is 205 g/mol. The standard InChI is InChI=1S/C7H6F3N3O/c1-11-6(14)4-2-3-5(13-12-4)7(8,9)10/h2-3H,1H3,(H,11,14). The summed E-state index contributed by atoms with van der Waals surface area (Å²) in [6.45, 7) is 0. The van der Waals surface area contributed by atoms with Crippen LogP contribution in [0.15, 0.2) is 12.1 Å². The predicted molar refractivity (Wildman–Crippen MR) is 40.4 cm³/mol. The van der Waals surface area contributed by atoms with E-state index in [1.165, 1.54) is 7.05 Å². The third-order valence-electron chi connectivity index (χ3n) is 1.41. The highest BCUT2D eigenvalue weighted by atomic mass is 19.4. The number of halogens is 3. The molecule has 0 aliphatic carbocycles. The molecule has 1 aromatic rings. The molecule has 14 heavy (non-hydrogen) atoms. The number of nitrogens with one attached hydrogen (secondary N) is 1. The second-order valence-electron chi connectivity index (χ2n) is 2.38. The van der Waals surface area contributed by atoms with Gasteiger partial charge in [0.25, 0.3) is 5.91 Å². The van der Waals surface area contributed by atoms with Crippen LogP contribution in [0.4, 0.5) is 13.2 Å². The van der Waals surface area contributed by atoms with Crippen LogP contribution in [0.1, 0.15) is 16.2 Å². The van der Waals surface area contributed by atoms with Crippen molar-refractivity contribution in [1.82, 2.24) is 15.5 Å². The van der Waals surface area contributed by atoms with E-state index in [2.05, 4.69) is 15.5 Å². The maximum absolute atomic E-state index is 12.0. The topological polar surface area (TPSA) is 54.9 Å². The molecule has 1 aromatic heterocycles. The van der Waals surface area contributed by atoms with Gasteiger partial charge in [0.05, 0.1) is 0 Å². The molecule has 0 aliphatic rings. The van der Waals surface area contributed by atoms with E-state index in [4.69, 9.17) is 0 Å². The Morgan fingerprint density at radius 3 is 2.36 bits per heavy atom. The Labute approximate surface area is 77.1 Å². The maximum Gasteiger partial charge on any atom is 0.435 e. The van der Waals surface area contributed by atoms with Gasteiger partial charge in [-0.2, -0.15) is 13.2 Å². The molecule has 0 aromatic carbocycles. The van der Waals surface area contributed by atoms with Crippen molar-refractivity contribution in [3.63, 3.8) is 0 Å². The van der Waals surface area contributed by atoms with Crippen molar-refractivity contribution >= 4 is 5.91 Å². The first-order valence-electron chi connectivity index (χ1n) is 3.58. The number of nitrogens with zero attached hydrogens (tertiary/aromatic N) is 2. The number of amides is 1. The fourth-order valence-corrected chi connectivity index (χ4v) is 0.733. The molecule has 76 valence electrons. The van der Waals surface area contributed by atoms with Crippen molar-refractivity contribution < 1.29 is 18.0 Å². The van der Waals surface area contributed by atoms with E-state index in [0.29, 0.717) is 6.07 Å². The highest BCUT2D eigenvalue weighted by Crippen LogP contribution is 2.26. The first-order valence-corrected chi connectivity index (χ1v) is 3.58. The molecule has 7 heteroatoms. The lowest BCUT2D eigenvalue weighted by Gasteiger charge is -2.04. The number of carbonyl (C=O) groups is 1. The molecule has 0 atom stereocenters. The summed E-state index contributed by atoms with van der Waals surface area (Å²) in [6, 6.07) is 1.67. The van der Waals surface area contributed by atoms with E-state index < -0.39 is 17.8 Å². The molecule has 0 unspecified atom stereocenters. The van der Waals surface area contributed by atoms with Crippen molar-refractivity contribution in [3.8, 4) is 0 Å². The third kappa shape index (κ3) is 2.18. The van der Waals surface area contributed by atoms with Gasteiger partial charge in [0, 0.05) is 7.05 Å². The Morgan fingerprint density at radius 2 is 2.00 bits per heavy atom. The van der Waals surface area contributed by atoms with E-state index in [-0.39, 0.29) is 5.69 Å². The second-order valence-corrected chi connectivity index (χ2v) is 2.38. The quantitative estimate of drug-likeness (QED) is 0.739. The number of hydrogen-bond donors (Lipinski definition) is 1. The second kappa shape index (κ2) is 3.60. The molecule has 0 bridgehead atoms. The zero-order valence-electron chi connectivity index (χ0n) is 7.09. The third-order valence-corrected chi connectivity index (χ3v) is 1.41. The van der Waals surface area contributed by atoms with Crippen LogP contribution in [0, 0.1) is 0 Å². The van der Waals surface area contributed by atoms with E-state index in [1.54, 1.807) is 0 Å². The van der Waals surface area contributed by atoms with Crippen LogP contribution in [0.25, 0.3) is 0 Å². The van der Waals surface area contributed by atoms with Crippen LogP contribution >= 0.6 is 0 Å². The van der Waals surface area contributed by atoms with E-state index in [0.717, 1.165) is 6.07 Å². The fraction of sp³-hybridized carbons (Fsp3) is 0.286. The van der Waals surface area contributed by atoms with Crippen molar-refractivity contribution in [2.45, 2.75) is 6.18 Å². The van der Waals surface area contributed by atoms with Gasteiger partial charge in [-0.1, -0.05) is 0 Å². The number of aromatic nitrogens is 2. The summed E-state index contributed by atoms with van der Waals surface area (Å²) in [5.41, 5.74) is -1.27. The lowest BCUT2D eigenvalue weighted by Crippen LogP contribution is -2.20. The van der Waals surface area contributed by atoms with Crippen LogP contribution in [0.3, 0.4) is 0 Å². The molecule has 0 spiro atoms. The van der Waals surface area contributed by atoms with Gasteiger partial charge in [0.1, 0.15) is 0 Å². The van der Waals surface area contributed by atoms with E-state index in [9.17, 15) is 18.0 Å². The molecule has 1 rings (SSSR count). The average Bonchev–Trinajstić information content (AvgIpc) is 2.15. The maximum atomic E-state index is 12.0. The van der Waals surface area contributed by atoms with Gasteiger partial charge in [-0.15, -0.1) is 10.2 Å². The minimum Gasteiger partial charge on any atom is -0.354 e. The van der Waals surface area contributed by atoms with Crippen molar-refractivity contribution in [1.29, 1.82) is 0 Å². The molecular formula is C7H6F3N3O. The zero-order chi connectivity index (χ0) is 10.8. The summed E-state index contributed by atoms with van der Waals surface area (Å²) in [7, 11) is 1.35. The molecule has 1 heterocycles. The van der Waals surface area contributed by atoms with E-state index >= 15 is 0 Å². The summed E-state index contributed by atoms with van der Waals surface area (Å²) in [4.78, 5) is 10.9. The molecule has 0 saturated heterocycles.